The molecular formula is C20H29ClN3O2+. The highest BCUT2D eigenvalue weighted by Crippen LogP contribution is 2.28. The van der Waals surface area contributed by atoms with Gasteiger partial charge in [-0.25, -0.2) is 0 Å². The van der Waals surface area contributed by atoms with Crippen LogP contribution in [0.5, 0.6) is 0 Å². The van der Waals surface area contributed by atoms with Crippen LogP contribution in [-0.2, 0) is 9.59 Å². The summed E-state index contributed by atoms with van der Waals surface area (Å²) in [5.41, 5.74) is 0.652. The van der Waals surface area contributed by atoms with E-state index in [0.717, 1.165) is 38.5 Å². The Morgan fingerprint density at radius 2 is 1.85 bits per heavy atom. The number of nitrogens with zero attached hydrogens (tertiary/aromatic N) is 1. The molecule has 0 aromatic heterocycles. The molecule has 0 spiro atoms. The molecule has 2 aliphatic rings. The van der Waals surface area contributed by atoms with E-state index in [4.69, 9.17) is 11.6 Å². The van der Waals surface area contributed by atoms with Crippen molar-refractivity contribution in [3.8, 4) is 0 Å². The molecule has 1 heterocycles. The van der Waals surface area contributed by atoms with Crippen molar-refractivity contribution in [1.82, 2.24) is 4.90 Å². The minimum absolute atomic E-state index is 0.0332. The van der Waals surface area contributed by atoms with Gasteiger partial charge in [0.25, 0.3) is 5.91 Å². The van der Waals surface area contributed by atoms with Crippen molar-refractivity contribution in [3.63, 3.8) is 0 Å². The maximum atomic E-state index is 12.4. The molecule has 2 fully saturated rings. The quantitative estimate of drug-likeness (QED) is 0.795. The average Bonchev–Trinajstić information content (AvgIpc) is 3.16. The van der Waals surface area contributed by atoms with Crippen LogP contribution in [0.25, 0.3) is 0 Å². The number of para-hydroxylation sites is 1. The third kappa shape index (κ3) is 5.45. The van der Waals surface area contributed by atoms with Gasteiger partial charge in [0.15, 0.2) is 6.54 Å². The monoisotopic (exact) mass is 378 g/mol. The van der Waals surface area contributed by atoms with E-state index in [-0.39, 0.29) is 11.8 Å². The number of quaternary nitrogens is 1. The number of benzene rings is 1. The van der Waals surface area contributed by atoms with Crippen LogP contribution < -0.4 is 10.2 Å². The number of piperazine rings is 1. The zero-order valence-corrected chi connectivity index (χ0v) is 16.1. The fourth-order valence-electron chi connectivity index (χ4n) is 4.02. The summed E-state index contributed by atoms with van der Waals surface area (Å²) in [5, 5.41) is 3.42. The number of halogens is 1. The molecule has 0 bridgehead atoms. The lowest BCUT2D eigenvalue weighted by molar-refractivity contribution is -0.895. The van der Waals surface area contributed by atoms with Gasteiger partial charge in [0.05, 0.1) is 36.9 Å². The van der Waals surface area contributed by atoms with Crippen molar-refractivity contribution >= 4 is 29.1 Å². The Balaban J connectivity index is 1.37. The summed E-state index contributed by atoms with van der Waals surface area (Å²) < 4.78 is 0. The number of carbonyl (C=O) groups is 2. The van der Waals surface area contributed by atoms with Crippen LogP contribution in [0.15, 0.2) is 24.3 Å². The third-order valence-electron chi connectivity index (χ3n) is 5.62. The second kappa shape index (κ2) is 9.38. The topological polar surface area (TPSA) is 53.9 Å². The van der Waals surface area contributed by atoms with Crippen molar-refractivity contribution in [2.45, 2.75) is 38.5 Å². The van der Waals surface area contributed by atoms with E-state index in [0.29, 0.717) is 23.7 Å². The molecule has 1 saturated heterocycles. The van der Waals surface area contributed by atoms with E-state index in [1.165, 1.54) is 30.6 Å². The molecule has 1 aliphatic carbocycles. The van der Waals surface area contributed by atoms with Crippen LogP contribution in [0.1, 0.15) is 38.5 Å². The van der Waals surface area contributed by atoms with E-state index in [1.54, 1.807) is 12.1 Å². The average molecular weight is 379 g/mol. The predicted molar refractivity (Wildman–Crippen MR) is 103 cm³/mol. The first-order chi connectivity index (χ1) is 12.6. The standard InChI is InChI=1S/C20H28ClN3O2/c21-17-7-3-4-8-18(17)22-19(25)15-23-11-13-24(14-12-23)20(26)10-9-16-5-1-2-6-16/h3-4,7-8,16H,1-2,5-6,9-15H2,(H,22,25)/p+1. The molecule has 5 nitrogen and oxygen atoms in total. The largest absolute Gasteiger partial charge is 0.331 e. The van der Waals surface area contributed by atoms with Crippen molar-refractivity contribution in [2.24, 2.45) is 5.92 Å². The van der Waals surface area contributed by atoms with Gasteiger partial charge in [-0.2, -0.15) is 0 Å². The number of anilines is 1. The van der Waals surface area contributed by atoms with Crippen molar-refractivity contribution < 1.29 is 14.5 Å². The summed E-state index contributed by atoms with van der Waals surface area (Å²) in [5.74, 6) is 1.02. The van der Waals surface area contributed by atoms with E-state index in [2.05, 4.69) is 5.32 Å². The highest BCUT2D eigenvalue weighted by molar-refractivity contribution is 6.33. The normalized spacial score (nSPS) is 18.9. The Morgan fingerprint density at radius 1 is 1.15 bits per heavy atom. The number of hydrogen-bond donors (Lipinski definition) is 2. The Bertz CT molecular complexity index is 623. The van der Waals surface area contributed by atoms with Gasteiger partial charge in [-0.3, -0.25) is 9.59 Å². The molecule has 26 heavy (non-hydrogen) atoms. The van der Waals surface area contributed by atoms with Crippen LogP contribution >= 0.6 is 11.6 Å². The van der Waals surface area contributed by atoms with Crippen LogP contribution in [0.2, 0.25) is 5.02 Å². The molecule has 1 aromatic rings. The molecule has 6 heteroatoms. The van der Waals surface area contributed by atoms with E-state index in [9.17, 15) is 9.59 Å². The molecule has 0 unspecified atom stereocenters. The number of amides is 2. The molecule has 1 aromatic carbocycles. The highest BCUT2D eigenvalue weighted by atomic mass is 35.5. The van der Waals surface area contributed by atoms with Crippen LogP contribution in [0.4, 0.5) is 5.69 Å². The maximum Gasteiger partial charge on any atom is 0.279 e. The molecule has 142 valence electrons. The Hall–Kier alpha value is -1.59. The van der Waals surface area contributed by atoms with E-state index in [1.807, 2.05) is 17.0 Å². The number of rotatable bonds is 6. The predicted octanol–water partition coefficient (Wildman–Crippen LogP) is 1.98. The van der Waals surface area contributed by atoms with E-state index < -0.39 is 0 Å². The molecule has 1 aliphatic heterocycles. The lowest BCUT2D eigenvalue weighted by Gasteiger charge is -2.32. The first kappa shape index (κ1) is 19.2. The highest BCUT2D eigenvalue weighted by Gasteiger charge is 2.26. The fourth-order valence-corrected chi connectivity index (χ4v) is 4.20. The van der Waals surface area contributed by atoms with Crippen molar-refractivity contribution in [2.75, 3.05) is 38.0 Å². The van der Waals surface area contributed by atoms with Crippen molar-refractivity contribution in [3.05, 3.63) is 29.3 Å². The van der Waals surface area contributed by atoms with Gasteiger partial charge in [-0.05, 0) is 24.5 Å². The summed E-state index contributed by atoms with van der Waals surface area (Å²) >= 11 is 6.08. The first-order valence-electron chi connectivity index (χ1n) is 9.77. The van der Waals surface area contributed by atoms with Gasteiger partial charge in [0, 0.05) is 6.42 Å². The van der Waals surface area contributed by atoms with Gasteiger partial charge in [0.1, 0.15) is 0 Å². The Kier molecular flexibility index (Phi) is 6.92. The van der Waals surface area contributed by atoms with Gasteiger partial charge in [0.2, 0.25) is 5.91 Å². The van der Waals surface area contributed by atoms with Crippen LogP contribution in [-0.4, -0.2) is 49.4 Å². The first-order valence-corrected chi connectivity index (χ1v) is 10.2. The lowest BCUT2D eigenvalue weighted by Crippen LogP contribution is -3.15. The number of hydrogen-bond acceptors (Lipinski definition) is 2. The fraction of sp³-hybridized carbons (Fsp3) is 0.600. The molecule has 2 N–H and O–H groups in total. The minimum atomic E-state index is -0.0332. The van der Waals surface area contributed by atoms with Crippen LogP contribution in [0, 0.1) is 5.92 Å². The summed E-state index contributed by atoms with van der Waals surface area (Å²) in [6, 6.07) is 7.26. The summed E-state index contributed by atoms with van der Waals surface area (Å²) in [6.07, 6.45) is 6.99. The van der Waals surface area contributed by atoms with Gasteiger partial charge in [-0.1, -0.05) is 49.4 Å². The van der Waals surface area contributed by atoms with Crippen molar-refractivity contribution in [1.29, 1.82) is 0 Å². The maximum absolute atomic E-state index is 12.4. The summed E-state index contributed by atoms with van der Waals surface area (Å²) in [7, 11) is 0. The third-order valence-corrected chi connectivity index (χ3v) is 5.95. The molecule has 3 rings (SSSR count). The number of nitrogens with one attached hydrogen (secondary N) is 2. The van der Waals surface area contributed by atoms with Gasteiger partial charge < -0.3 is 15.1 Å². The SMILES string of the molecule is O=C(C[NH+]1CCN(C(=O)CCC2CCCC2)CC1)Nc1ccccc1Cl. The molecule has 0 atom stereocenters. The zero-order chi connectivity index (χ0) is 18.4. The van der Waals surface area contributed by atoms with Gasteiger partial charge in [-0.15, -0.1) is 0 Å². The molecular weight excluding hydrogens is 350 g/mol. The van der Waals surface area contributed by atoms with Crippen LogP contribution in [0.3, 0.4) is 0 Å². The summed E-state index contributed by atoms with van der Waals surface area (Å²) in [4.78, 5) is 27.8. The number of carbonyl (C=O) groups excluding carboxylic acids is 2. The lowest BCUT2D eigenvalue weighted by atomic mass is 10.0. The molecule has 0 radical (unpaired) electrons. The minimum Gasteiger partial charge on any atom is -0.331 e. The zero-order valence-electron chi connectivity index (χ0n) is 15.3. The Morgan fingerprint density at radius 3 is 2.54 bits per heavy atom. The van der Waals surface area contributed by atoms with E-state index >= 15 is 0 Å². The molecule has 1 saturated carbocycles. The van der Waals surface area contributed by atoms with Gasteiger partial charge >= 0.3 is 0 Å². The summed E-state index contributed by atoms with van der Waals surface area (Å²) in [6.45, 7) is 3.56. The smallest absolute Gasteiger partial charge is 0.279 e. The Labute approximate surface area is 160 Å². The second-order valence-electron chi connectivity index (χ2n) is 7.52. The second-order valence-corrected chi connectivity index (χ2v) is 7.93. The molecule has 2 amide bonds.